The Labute approximate surface area is 116 Å². The van der Waals surface area contributed by atoms with E-state index in [4.69, 9.17) is 0 Å². The van der Waals surface area contributed by atoms with Crippen molar-refractivity contribution in [1.82, 2.24) is 0 Å². The number of rotatable bonds is 3. The Kier molecular flexibility index (Phi) is 4.38. The summed E-state index contributed by atoms with van der Waals surface area (Å²) in [4.78, 5) is 24.1. The fourth-order valence-corrected chi connectivity index (χ4v) is 3.17. The van der Waals surface area contributed by atoms with Crippen molar-refractivity contribution in [1.29, 1.82) is 0 Å². The molecule has 0 heterocycles. The molecule has 0 saturated heterocycles. The van der Waals surface area contributed by atoms with Crippen LogP contribution in [0.1, 0.15) is 59.3 Å². The molecule has 2 atom stereocenters. The second-order valence-electron chi connectivity index (χ2n) is 6.09. The summed E-state index contributed by atoms with van der Waals surface area (Å²) in [6.07, 6.45) is 7.60. The van der Waals surface area contributed by atoms with Crippen LogP contribution in [0.25, 0.3) is 0 Å². The molecular formula is C17H24O2. The van der Waals surface area contributed by atoms with E-state index in [0.717, 1.165) is 30.4 Å². The van der Waals surface area contributed by atoms with Gasteiger partial charge in [-0.05, 0) is 43.3 Å². The Bertz CT molecular complexity index is 454. The average Bonchev–Trinajstić information content (AvgIpc) is 2.61. The summed E-state index contributed by atoms with van der Waals surface area (Å²) in [5, 5.41) is 0. The van der Waals surface area contributed by atoms with E-state index in [1.165, 1.54) is 12.0 Å². The molecule has 0 aromatic rings. The van der Waals surface area contributed by atoms with Gasteiger partial charge in [0.25, 0.3) is 0 Å². The number of allylic oxidation sites excluding steroid dienone is 4. The first kappa shape index (κ1) is 14.2. The molecule has 0 bridgehead atoms. The van der Waals surface area contributed by atoms with Gasteiger partial charge >= 0.3 is 0 Å². The summed E-state index contributed by atoms with van der Waals surface area (Å²) < 4.78 is 0. The SMILES string of the molecule is CCCC/C1=C/C2=C(C)C(=O)C[C@H]2CC(=O)[C@@H](C)C1. The van der Waals surface area contributed by atoms with Crippen LogP contribution in [0.2, 0.25) is 0 Å². The summed E-state index contributed by atoms with van der Waals surface area (Å²) in [7, 11) is 0. The molecule has 0 fully saturated rings. The fourth-order valence-electron chi connectivity index (χ4n) is 3.17. The normalized spacial score (nSPS) is 30.8. The molecule has 2 heteroatoms. The lowest BCUT2D eigenvalue weighted by atomic mass is 9.82. The van der Waals surface area contributed by atoms with Crippen LogP contribution in [0.4, 0.5) is 0 Å². The largest absolute Gasteiger partial charge is 0.299 e. The zero-order chi connectivity index (χ0) is 14.0. The highest BCUT2D eigenvalue weighted by Crippen LogP contribution is 2.37. The van der Waals surface area contributed by atoms with Crippen LogP contribution >= 0.6 is 0 Å². The minimum absolute atomic E-state index is 0.112. The topological polar surface area (TPSA) is 34.1 Å². The molecule has 2 aliphatic carbocycles. The van der Waals surface area contributed by atoms with Crippen molar-refractivity contribution in [2.75, 3.05) is 0 Å². The first-order chi connectivity index (χ1) is 9.02. The van der Waals surface area contributed by atoms with Crippen LogP contribution < -0.4 is 0 Å². The molecule has 0 amide bonds. The number of hydrogen-bond acceptors (Lipinski definition) is 2. The van der Waals surface area contributed by atoms with Crippen molar-refractivity contribution in [2.45, 2.75) is 59.3 Å². The molecular weight excluding hydrogens is 236 g/mol. The molecule has 2 aliphatic rings. The highest BCUT2D eigenvalue weighted by atomic mass is 16.1. The highest BCUT2D eigenvalue weighted by molar-refractivity contribution is 6.00. The number of fused-ring (bicyclic) bond motifs is 1. The van der Waals surface area contributed by atoms with Gasteiger partial charge in [-0.25, -0.2) is 0 Å². The fraction of sp³-hybridized carbons (Fsp3) is 0.647. The molecule has 0 radical (unpaired) electrons. The molecule has 0 aliphatic heterocycles. The second kappa shape index (κ2) is 5.85. The molecule has 2 nitrogen and oxygen atoms in total. The third-order valence-corrected chi connectivity index (χ3v) is 4.50. The van der Waals surface area contributed by atoms with E-state index in [1.54, 1.807) is 0 Å². The molecule has 0 spiro atoms. The van der Waals surface area contributed by atoms with Gasteiger partial charge < -0.3 is 0 Å². The molecule has 2 rings (SSSR count). The second-order valence-corrected chi connectivity index (χ2v) is 6.09. The van der Waals surface area contributed by atoms with Gasteiger partial charge in [0.15, 0.2) is 5.78 Å². The Morgan fingerprint density at radius 2 is 1.95 bits per heavy atom. The Hall–Kier alpha value is -1.18. The van der Waals surface area contributed by atoms with Crippen molar-refractivity contribution in [3.05, 3.63) is 22.8 Å². The van der Waals surface area contributed by atoms with E-state index in [2.05, 4.69) is 13.0 Å². The maximum Gasteiger partial charge on any atom is 0.159 e. The number of ketones is 2. The molecule has 0 N–H and O–H groups in total. The van der Waals surface area contributed by atoms with Crippen LogP contribution in [-0.4, -0.2) is 11.6 Å². The summed E-state index contributed by atoms with van der Waals surface area (Å²) in [6, 6.07) is 0. The van der Waals surface area contributed by atoms with Crippen molar-refractivity contribution >= 4 is 11.6 Å². The van der Waals surface area contributed by atoms with Crippen LogP contribution in [0.15, 0.2) is 22.8 Å². The van der Waals surface area contributed by atoms with Crippen molar-refractivity contribution in [2.24, 2.45) is 11.8 Å². The molecule has 0 aromatic carbocycles. The van der Waals surface area contributed by atoms with Crippen LogP contribution in [-0.2, 0) is 9.59 Å². The number of carbonyl (C=O) groups is 2. The van der Waals surface area contributed by atoms with E-state index >= 15 is 0 Å². The molecule has 0 aromatic heterocycles. The predicted molar refractivity (Wildman–Crippen MR) is 76.8 cm³/mol. The maximum absolute atomic E-state index is 12.2. The van der Waals surface area contributed by atoms with Crippen molar-refractivity contribution < 1.29 is 9.59 Å². The van der Waals surface area contributed by atoms with E-state index in [1.807, 2.05) is 13.8 Å². The maximum atomic E-state index is 12.2. The molecule has 0 unspecified atom stereocenters. The Morgan fingerprint density at radius 3 is 2.63 bits per heavy atom. The summed E-state index contributed by atoms with van der Waals surface area (Å²) in [6.45, 7) is 6.13. The minimum atomic E-state index is 0.112. The van der Waals surface area contributed by atoms with Gasteiger partial charge in [0, 0.05) is 18.8 Å². The zero-order valence-corrected chi connectivity index (χ0v) is 12.3. The lowest BCUT2D eigenvalue weighted by Gasteiger charge is -2.21. The van der Waals surface area contributed by atoms with Gasteiger partial charge in [0.1, 0.15) is 5.78 Å². The van der Waals surface area contributed by atoms with E-state index < -0.39 is 0 Å². The van der Waals surface area contributed by atoms with Gasteiger partial charge in [0.05, 0.1) is 0 Å². The van der Waals surface area contributed by atoms with Gasteiger partial charge in [-0.3, -0.25) is 9.59 Å². The Morgan fingerprint density at radius 1 is 1.21 bits per heavy atom. The monoisotopic (exact) mass is 260 g/mol. The average molecular weight is 260 g/mol. The van der Waals surface area contributed by atoms with Crippen molar-refractivity contribution in [3.8, 4) is 0 Å². The highest BCUT2D eigenvalue weighted by Gasteiger charge is 2.33. The van der Waals surface area contributed by atoms with Crippen LogP contribution in [0, 0.1) is 11.8 Å². The lowest BCUT2D eigenvalue weighted by Crippen LogP contribution is -2.19. The minimum Gasteiger partial charge on any atom is -0.299 e. The first-order valence-electron chi connectivity index (χ1n) is 7.49. The molecule has 0 saturated carbocycles. The van der Waals surface area contributed by atoms with Gasteiger partial charge in [-0.2, -0.15) is 0 Å². The van der Waals surface area contributed by atoms with Crippen molar-refractivity contribution in [3.63, 3.8) is 0 Å². The van der Waals surface area contributed by atoms with Gasteiger partial charge in [0.2, 0.25) is 0 Å². The third-order valence-electron chi connectivity index (χ3n) is 4.50. The number of hydrogen-bond donors (Lipinski definition) is 0. The molecule has 104 valence electrons. The number of Topliss-reactive ketones (excluding diaryl/α,β-unsaturated/α-hetero) is 2. The third kappa shape index (κ3) is 3.05. The smallest absolute Gasteiger partial charge is 0.159 e. The first-order valence-corrected chi connectivity index (χ1v) is 7.49. The summed E-state index contributed by atoms with van der Waals surface area (Å²) in [5.41, 5.74) is 3.40. The van der Waals surface area contributed by atoms with Crippen LogP contribution in [0.5, 0.6) is 0 Å². The summed E-state index contributed by atoms with van der Waals surface area (Å²) in [5.74, 6) is 0.820. The zero-order valence-electron chi connectivity index (χ0n) is 12.3. The van der Waals surface area contributed by atoms with Crippen LogP contribution in [0.3, 0.4) is 0 Å². The Balaban J connectivity index is 2.33. The lowest BCUT2D eigenvalue weighted by molar-refractivity contribution is -0.123. The van der Waals surface area contributed by atoms with Gasteiger partial charge in [-0.15, -0.1) is 0 Å². The van der Waals surface area contributed by atoms with E-state index in [9.17, 15) is 9.59 Å². The number of unbranched alkanes of at least 4 members (excludes halogenated alkanes) is 1. The number of carbonyl (C=O) groups excluding carboxylic acids is 2. The van der Waals surface area contributed by atoms with Gasteiger partial charge in [-0.1, -0.05) is 31.9 Å². The van der Waals surface area contributed by atoms with E-state index in [-0.39, 0.29) is 17.6 Å². The standard InChI is InChI=1S/C17H24O2/c1-4-5-6-13-7-11(2)16(18)9-14-10-17(19)12(3)15(14)8-13/h8,11,14H,4-7,9-10H2,1-3H3/b13-8-/t11-,14+/m0/s1. The molecule has 19 heavy (non-hydrogen) atoms. The summed E-state index contributed by atoms with van der Waals surface area (Å²) >= 11 is 0. The predicted octanol–water partition coefficient (Wildman–Crippen LogP) is 4.01. The quantitative estimate of drug-likeness (QED) is 0.768. The van der Waals surface area contributed by atoms with E-state index in [0.29, 0.717) is 18.6 Å².